The van der Waals surface area contributed by atoms with Crippen LogP contribution in [0, 0.1) is 6.92 Å². The molecular formula is C17H23BrClN3O3. The topological polar surface area (TPSA) is 87.4 Å². The molecule has 1 aromatic heterocycles. The number of nitrogens with one attached hydrogen (secondary N) is 1. The van der Waals surface area contributed by atoms with E-state index in [0.29, 0.717) is 17.3 Å². The van der Waals surface area contributed by atoms with Crippen LogP contribution in [0.4, 0.5) is 0 Å². The molecule has 1 aromatic carbocycles. The zero-order chi connectivity index (χ0) is 17.3. The molecule has 25 heavy (non-hydrogen) atoms. The summed E-state index contributed by atoms with van der Waals surface area (Å²) in [5.74, 6) is 0. The van der Waals surface area contributed by atoms with E-state index in [9.17, 15) is 15.0 Å². The lowest BCUT2D eigenvalue weighted by Gasteiger charge is -2.30. The van der Waals surface area contributed by atoms with Crippen molar-refractivity contribution in [2.45, 2.75) is 51.0 Å². The van der Waals surface area contributed by atoms with E-state index in [-0.39, 0.29) is 30.6 Å². The summed E-state index contributed by atoms with van der Waals surface area (Å²) in [5.41, 5.74) is 1.44. The van der Waals surface area contributed by atoms with Gasteiger partial charge in [0.05, 0.1) is 36.0 Å². The van der Waals surface area contributed by atoms with Gasteiger partial charge in [-0.05, 0) is 50.4 Å². The van der Waals surface area contributed by atoms with Crippen LogP contribution in [-0.4, -0.2) is 44.6 Å². The second-order valence-electron chi connectivity index (χ2n) is 6.48. The standard InChI is InChI=1S/C17H22BrN3O3.ClH/c1-10-5-11(18)6-13-16(10)20-9-21(17(13)24)8-12(22)7-14-15(23)3-2-4-19-14;/h5-6,9,12,14-15,19,22-23H,2-4,7-8H2,1H3;1H/t12-,14+,15-;/m0./s1. The first-order valence-corrected chi connectivity index (χ1v) is 9.00. The third-order valence-corrected chi connectivity index (χ3v) is 5.02. The number of aliphatic hydroxyl groups excluding tert-OH is 2. The molecule has 8 heteroatoms. The van der Waals surface area contributed by atoms with E-state index in [1.165, 1.54) is 10.9 Å². The van der Waals surface area contributed by atoms with Crippen molar-refractivity contribution < 1.29 is 10.2 Å². The van der Waals surface area contributed by atoms with Crippen LogP contribution in [0.15, 0.2) is 27.7 Å². The molecule has 0 spiro atoms. The van der Waals surface area contributed by atoms with Crippen molar-refractivity contribution >= 4 is 39.2 Å². The maximum Gasteiger partial charge on any atom is 0.261 e. The second-order valence-corrected chi connectivity index (χ2v) is 7.40. The predicted molar refractivity (Wildman–Crippen MR) is 103 cm³/mol. The Labute approximate surface area is 160 Å². The van der Waals surface area contributed by atoms with Gasteiger partial charge in [-0.25, -0.2) is 4.98 Å². The molecule has 6 nitrogen and oxygen atoms in total. The summed E-state index contributed by atoms with van der Waals surface area (Å²) in [5, 5.41) is 24.1. The maximum absolute atomic E-state index is 12.7. The zero-order valence-electron chi connectivity index (χ0n) is 14.0. The normalized spacial score (nSPS) is 21.8. The van der Waals surface area contributed by atoms with Gasteiger partial charge in [0.15, 0.2) is 0 Å². The Kier molecular flexibility index (Phi) is 6.99. The number of hydrogen-bond acceptors (Lipinski definition) is 5. The molecule has 0 radical (unpaired) electrons. The van der Waals surface area contributed by atoms with Gasteiger partial charge in [0, 0.05) is 10.5 Å². The summed E-state index contributed by atoms with van der Waals surface area (Å²) < 4.78 is 2.27. The number of fused-ring (bicyclic) bond motifs is 1. The lowest BCUT2D eigenvalue weighted by Crippen LogP contribution is -2.47. The largest absolute Gasteiger partial charge is 0.392 e. The minimum absolute atomic E-state index is 0. The molecule has 138 valence electrons. The van der Waals surface area contributed by atoms with Gasteiger partial charge in [-0.2, -0.15) is 0 Å². The van der Waals surface area contributed by atoms with Crippen LogP contribution in [0.25, 0.3) is 10.9 Å². The molecule has 1 aliphatic rings. The molecule has 1 saturated heterocycles. The summed E-state index contributed by atoms with van der Waals surface area (Å²) in [6.45, 7) is 2.92. The molecule has 0 saturated carbocycles. The van der Waals surface area contributed by atoms with Gasteiger partial charge in [0.2, 0.25) is 0 Å². The number of hydrogen-bond donors (Lipinski definition) is 3. The molecule has 2 heterocycles. The highest BCUT2D eigenvalue weighted by atomic mass is 79.9. The van der Waals surface area contributed by atoms with Crippen molar-refractivity contribution in [3.63, 3.8) is 0 Å². The lowest BCUT2D eigenvalue weighted by atomic mass is 9.96. The van der Waals surface area contributed by atoms with Crippen LogP contribution in [0.1, 0.15) is 24.8 Å². The van der Waals surface area contributed by atoms with Gasteiger partial charge in [-0.15, -0.1) is 12.4 Å². The number of aryl methyl sites for hydroxylation is 1. The van der Waals surface area contributed by atoms with Crippen molar-refractivity contribution in [1.29, 1.82) is 0 Å². The number of nitrogens with zero attached hydrogens (tertiary/aromatic N) is 2. The van der Waals surface area contributed by atoms with Gasteiger partial charge < -0.3 is 15.5 Å². The number of aliphatic hydroxyl groups is 2. The minimum atomic E-state index is -0.722. The minimum Gasteiger partial charge on any atom is -0.392 e. The number of aromatic nitrogens is 2. The predicted octanol–water partition coefficient (Wildman–Crippen LogP) is 1.75. The summed E-state index contributed by atoms with van der Waals surface area (Å²) in [6.07, 6.45) is 2.41. The Hall–Kier alpha value is -0.990. The second kappa shape index (κ2) is 8.60. The van der Waals surface area contributed by atoms with Crippen molar-refractivity contribution in [2.75, 3.05) is 6.54 Å². The van der Waals surface area contributed by atoms with Crippen LogP contribution >= 0.6 is 28.3 Å². The highest BCUT2D eigenvalue weighted by Crippen LogP contribution is 2.20. The quantitative estimate of drug-likeness (QED) is 0.685. The molecule has 1 fully saturated rings. The smallest absolute Gasteiger partial charge is 0.261 e. The highest BCUT2D eigenvalue weighted by molar-refractivity contribution is 9.10. The Bertz CT molecular complexity index is 799. The van der Waals surface area contributed by atoms with E-state index in [2.05, 4.69) is 26.2 Å². The Balaban J connectivity index is 0.00000225. The average molecular weight is 433 g/mol. The van der Waals surface area contributed by atoms with Gasteiger partial charge in [0.25, 0.3) is 5.56 Å². The molecule has 2 aromatic rings. The Morgan fingerprint density at radius 2 is 2.24 bits per heavy atom. The van der Waals surface area contributed by atoms with Crippen LogP contribution in [0.5, 0.6) is 0 Å². The third-order valence-electron chi connectivity index (χ3n) is 4.56. The van der Waals surface area contributed by atoms with E-state index in [0.717, 1.165) is 29.4 Å². The van der Waals surface area contributed by atoms with Crippen molar-refractivity contribution in [3.05, 3.63) is 38.9 Å². The number of halogens is 2. The van der Waals surface area contributed by atoms with Crippen LogP contribution in [0.3, 0.4) is 0 Å². The lowest BCUT2D eigenvalue weighted by molar-refractivity contribution is 0.0539. The molecule has 0 amide bonds. The number of rotatable bonds is 4. The van der Waals surface area contributed by atoms with Crippen LogP contribution in [0.2, 0.25) is 0 Å². The fourth-order valence-corrected chi connectivity index (χ4v) is 3.88. The molecule has 3 atom stereocenters. The molecule has 0 unspecified atom stereocenters. The molecule has 0 bridgehead atoms. The number of benzene rings is 1. The SMILES string of the molecule is Cc1cc(Br)cc2c(=O)n(C[C@@H](O)C[C@H]3NCCC[C@@H]3O)cnc12.Cl. The van der Waals surface area contributed by atoms with Crippen molar-refractivity contribution in [3.8, 4) is 0 Å². The molecule has 0 aliphatic carbocycles. The van der Waals surface area contributed by atoms with Crippen molar-refractivity contribution in [2.24, 2.45) is 0 Å². The first kappa shape index (κ1) is 20.3. The first-order valence-electron chi connectivity index (χ1n) is 8.20. The van der Waals surface area contributed by atoms with Crippen LogP contribution < -0.4 is 10.9 Å². The fraction of sp³-hybridized carbons (Fsp3) is 0.529. The van der Waals surface area contributed by atoms with Gasteiger partial charge in [-0.1, -0.05) is 15.9 Å². The van der Waals surface area contributed by atoms with Crippen molar-refractivity contribution in [1.82, 2.24) is 14.9 Å². The summed E-state index contributed by atoms with van der Waals surface area (Å²) in [6, 6.07) is 3.55. The zero-order valence-corrected chi connectivity index (χ0v) is 16.4. The Morgan fingerprint density at radius 3 is 2.96 bits per heavy atom. The van der Waals surface area contributed by atoms with E-state index in [4.69, 9.17) is 0 Å². The van der Waals surface area contributed by atoms with E-state index in [1.54, 1.807) is 6.07 Å². The van der Waals surface area contributed by atoms with E-state index >= 15 is 0 Å². The third kappa shape index (κ3) is 4.60. The first-order chi connectivity index (χ1) is 11.5. The van der Waals surface area contributed by atoms with Gasteiger partial charge in [0.1, 0.15) is 0 Å². The fourth-order valence-electron chi connectivity index (χ4n) is 3.31. The highest BCUT2D eigenvalue weighted by Gasteiger charge is 2.25. The van der Waals surface area contributed by atoms with E-state index < -0.39 is 12.2 Å². The molecule has 3 rings (SSSR count). The summed E-state index contributed by atoms with van der Waals surface area (Å²) in [4.78, 5) is 17.0. The molecular weight excluding hydrogens is 410 g/mol. The summed E-state index contributed by atoms with van der Waals surface area (Å²) >= 11 is 3.40. The Morgan fingerprint density at radius 1 is 1.48 bits per heavy atom. The van der Waals surface area contributed by atoms with E-state index in [1.807, 2.05) is 13.0 Å². The number of piperidine rings is 1. The average Bonchev–Trinajstić information content (AvgIpc) is 2.53. The van der Waals surface area contributed by atoms with Crippen LogP contribution in [-0.2, 0) is 6.54 Å². The molecule has 1 aliphatic heterocycles. The monoisotopic (exact) mass is 431 g/mol. The van der Waals surface area contributed by atoms with Gasteiger partial charge in [-0.3, -0.25) is 9.36 Å². The summed E-state index contributed by atoms with van der Waals surface area (Å²) in [7, 11) is 0. The maximum atomic E-state index is 12.7. The molecule has 3 N–H and O–H groups in total. The van der Waals surface area contributed by atoms with Gasteiger partial charge >= 0.3 is 0 Å².